The van der Waals surface area contributed by atoms with Gasteiger partial charge in [0.25, 0.3) is 0 Å². The lowest BCUT2D eigenvalue weighted by Crippen LogP contribution is -2.26. The molecule has 2 aromatic carbocycles. The average molecular weight is 263 g/mol. The molecule has 1 atom stereocenters. The Morgan fingerprint density at radius 3 is 2.39 bits per heavy atom. The monoisotopic (exact) mass is 262 g/mol. The summed E-state index contributed by atoms with van der Waals surface area (Å²) in [7, 11) is 0. The van der Waals surface area contributed by atoms with E-state index in [9.17, 15) is 10.2 Å². The van der Waals surface area contributed by atoms with Gasteiger partial charge in [0.15, 0.2) is 0 Å². The molecule has 94 valence electrons. The van der Waals surface area contributed by atoms with Gasteiger partial charge in [-0.15, -0.1) is 0 Å². The first-order valence-corrected chi connectivity index (χ1v) is 6.22. The third kappa shape index (κ3) is 2.22. The van der Waals surface area contributed by atoms with Crippen LogP contribution < -0.4 is 0 Å². The van der Waals surface area contributed by atoms with Crippen molar-refractivity contribution in [2.45, 2.75) is 18.9 Å². The number of phenolic OH excluding ortho intramolecular Hbond substituents is 1. The predicted molar refractivity (Wildman–Crippen MR) is 72.8 cm³/mol. The number of phenols is 1. The number of aliphatic hydroxyl groups is 1. The van der Waals surface area contributed by atoms with Gasteiger partial charge < -0.3 is 10.2 Å². The van der Waals surface area contributed by atoms with E-state index in [0.717, 1.165) is 5.56 Å². The molecule has 0 saturated heterocycles. The average Bonchev–Trinajstić information content (AvgIpc) is 2.41. The van der Waals surface area contributed by atoms with Gasteiger partial charge in [-0.3, -0.25) is 0 Å². The van der Waals surface area contributed by atoms with Crippen LogP contribution in [0, 0.1) is 0 Å². The van der Waals surface area contributed by atoms with Gasteiger partial charge in [0.05, 0.1) is 0 Å². The number of hydrogen-bond acceptors (Lipinski definition) is 2. The Balaban J connectivity index is 2.60. The first-order chi connectivity index (χ1) is 8.58. The molecule has 0 bridgehead atoms. The van der Waals surface area contributed by atoms with Gasteiger partial charge in [0, 0.05) is 10.6 Å². The minimum absolute atomic E-state index is 0.0487. The molecular weight excluding hydrogens is 248 g/mol. The molecule has 0 aromatic heterocycles. The summed E-state index contributed by atoms with van der Waals surface area (Å²) in [6, 6.07) is 14.0. The number of hydrogen-bond donors (Lipinski definition) is 2. The van der Waals surface area contributed by atoms with Crippen molar-refractivity contribution in [1.82, 2.24) is 0 Å². The number of aromatic hydroxyl groups is 1. The van der Waals surface area contributed by atoms with Gasteiger partial charge >= 0.3 is 0 Å². The second-order valence-electron chi connectivity index (χ2n) is 4.24. The fourth-order valence-electron chi connectivity index (χ4n) is 2.10. The van der Waals surface area contributed by atoms with E-state index in [1.54, 1.807) is 12.1 Å². The number of benzene rings is 2. The summed E-state index contributed by atoms with van der Waals surface area (Å²) in [6.07, 6.45) is 0.449. The van der Waals surface area contributed by atoms with E-state index in [1.165, 1.54) is 6.07 Å². The van der Waals surface area contributed by atoms with E-state index in [0.29, 0.717) is 17.0 Å². The van der Waals surface area contributed by atoms with E-state index in [-0.39, 0.29) is 5.75 Å². The van der Waals surface area contributed by atoms with Crippen LogP contribution in [0.2, 0.25) is 5.02 Å². The molecule has 0 amide bonds. The molecular formula is C15H15ClO2. The van der Waals surface area contributed by atoms with Gasteiger partial charge in [-0.05, 0) is 30.2 Å². The molecule has 0 radical (unpaired) electrons. The van der Waals surface area contributed by atoms with Crippen LogP contribution >= 0.6 is 11.6 Å². The first kappa shape index (κ1) is 12.9. The van der Waals surface area contributed by atoms with Crippen LogP contribution in [0.1, 0.15) is 24.5 Å². The smallest absolute Gasteiger partial charge is 0.122 e. The van der Waals surface area contributed by atoms with E-state index in [2.05, 4.69) is 0 Å². The van der Waals surface area contributed by atoms with Crippen molar-refractivity contribution in [3.8, 4) is 5.75 Å². The Morgan fingerprint density at radius 1 is 1.11 bits per heavy atom. The van der Waals surface area contributed by atoms with Crippen molar-refractivity contribution in [3.63, 3.8) is 0 Å². The molecule has 1 unspecified atom stereocenters. The zero-order valence-electron chi connectivity index (χ0n) is 10.1. The highest BCUT2D eigenvalue weighted by Gasteiger charge is 2.32. The second kappa shape index (κ2) is 5.01. The summed E-state index contributed by atoms with van der Waals surface area (Å²) in [5.74, 6) is 0.0487. The highest BCUT2D eigenvalue weighted by Crippen LogP contribution is 2.38. The van der Waals surface area contributed by atoms with Crippen LogP contribution in [-0.4, -0.2) is 10.2 Å². The maximum Gasteiger partial charge on any atom is 0.122 e. The summed E-state index contributed by atoms with van der Waals surface area (Å²) >= 11 is 5.95. The van der Waals surface area contributed by atoms with Crippen LogP contribution in [0.3, 0.4) is 0 Å². The summed E-state index contributed by atoms with van der Waals surface area (Å²) in [4.78, 5) is 0. The molecule has 2 aromatic rings. The lowest BCUT2D eigenvalue weighted by molar-refractivity contribution is 0.0738. The molecule has 3 heteroatoms. The van der Waals surface area contributed by atoms with Crippen molar-refractivity contribution in [2.75, 3.05) is 0 Å². The third-order valence-corrected chi connectivity index (χ3v) is 3.40. The molecule has 0 aliphatic carbocycles. The van der Waals surface area contributed by atoms with E-state index < -0.39 is 5.60 Å². The molecule has 2 N–H and O–H groups in total. The minimum atomic E-state index is -1.23. The Kier molecular flexibility index (Phi) is 3.60. The topological polar surface area (TPSA) is 40.5 Å². The van der Waals surface area contributed by atoms with Crippen LogP contribution in [0.25, 0.3) is 0 Å². The highest BCUT2D eigenvalue weighted by molar-refractivity contribution is 6.30. The first-order valence-electron chi connectivity index (χ1n) is 5.85. The minimum Gasteiger partial charge on any atom is -0.508 e. The molecule has 0 aliphatic heterocycles. The summed E-state index contributed by atoms with van der Waals surface area (Å²) in [5, 5.41) is 21.3. The maximum atomic E-state index is 10.8. The summed E-state index contributed by atoms with van der Waals surface area (Å²) < 4.78 is 0. The molecule has 0 saturated carbocycles. The quantitative estimate of drug-likeness (QED) is 0.886. The molecule has 0 spiro atoms. The van der Waals surface area contributed by atoms with Crippen LogP contribution in [-0.2, 0) is 5.60 Å². The van der Waals surface area contributed by atoms with Crippen LogP contribution in [0.4, 0.5) is 0 Å². The molecule has 0 heterocycles. The number of halogens is 1. The van der Waals surface area contributed by atoms with Crippen LogP contribution in [0.15, 0.2) is 48.5 Å². The van der Waals surface area contributed by atoms with Crippen molar-refractivity contribution < 1.29 is 10.2 Å². The SMILES string of the molecule is CCC(O)(c1ccccc1)c1cc(Cl)ccc1O. The zero-order valence-corrected chi connectivity index (χ0v) is 10.9. The summed E-state index contributed by atoms with van der Waals surface area (Å²) in [6.45, 7) is 1.87. The van der Waals surface area contributed by atoms with Crippen molar-refractivity contribution in [3.05, 3.63) is 64.7 Å². The Bertz CT molecular complexity index is 539. The van der Waals surface area contributed by atoms with Crippen molar-refractivity contribution >= 4 is 11.6 Å². The van der Waals surface area contributed by atoms with Crippen molar-refractivity contribution in [2.24, 2.45) is 0 Å². The van der Waals surface area contributed by atoms with Gasteiger partial charge in [-0.1, -0.05) is 48.9 Å². The molecule has 0 aliphatic rings. The highest BCUT2D eigenvalue weighted by atomic mass is 35.5. The second-order valence-corrected chi connectivity index (χ2v) is 4.68. The summed E-state index contributed by atoms with van der Waals surface area (Å²) in [5.41, 5.74) is -0.0512. The fraction of sp³-hybridized carbons (Fsp3) is 0.200. The Morgan fingerprint density at radius 2 is 1.78 bits per heavy atom. The lowest BCUT2D eigenvalue weighted by atomic mass is 9.83. The van der Waals surface area contributed by atoms with Gasteiger partial charge in [0.1, 0.15) is 11.4 Å². The van der Waals surface area contributed by atoms with Gasteiger partial charge in [-0.25, -0.2) is 0 Å². The fourth-order valence-corrected chi connectivity index (χ4v) is 2.28. The van der Waals surface area contributed by atoms with Gasteiger partial charge in [0.2, 0.25) is 0 Å². The molecule has 2 rings (SSSR count). The standard InChI is InChI=1S/C15H15ClO2/c1-2-15(18,11-6-4-3-5-7-11)13-10-12(16)8-9-14(13)17/h3-10,17-18H,2H2,1H3. The third-order valence-electron chi connectivity index (χ3n) is 3.17. The molecule has 0 fully saturated rings. The molecule has 2 nitrogen and oxygen atoms in total. The normalized spacial score (nSPS) is 14.2. The van der Waals surface area contributed by atoms with E-state index in [1.807, 2.05) is 37.3 Å². The van der Waals surface area contributed by atoms with Crippen molar-refractivity contribution in [1.29, 1.82) is 0 Å². The Hall–Kier alpha value is -1.51. The Labute approximate surface area is 111 Å². The van der Waals surface area contributed by atoms with E-state index >= 15 is 0 Å². The maximum absolute atomic E-state index is 10.8. The number of rotatable bonds is 3. The largest absolute Gasteiger partial charge is 0.508 e. The van der Waals surface area contributed by atoms with E-state index in [4.69, 9.17) is 11.6 Å². The molecule has 18 heavy (non-hydrogen) atoms. The van der Waals surface area contributed by atoms with Gasteiger partial charge in [-0.2, -0.15) is 0 Å². The predicted octanol–water partition coefficient (Wildman–Crippen LogP) is 3.69. The lowest BCUT2D eigenvalue weighted by Gasteiger charge is -2.28. The van der Waals surface area contributed by atoms with Crippen LogP contribution in [0.5, 0.6) is 5.75 Å². The zero-order chi connectivity index (χ0) is 13.2.